The van der Waals surface area contributed by atoms with E-state index in [0.29, 0.717) is 30.4 Å². The Kier molecular flexibility index (Phi) is 5.14. The lowest BCUT2D eigenvalue weighted by atomic mass is 10.2. The summed E-state index contributed by atoms with van der Waals surface area (Å²) in [5.74, 6) is 0.956. The Morgan fingerprint density at radius 2 is 1.83 bits per heavy atom. The maximum atomic E-state index is 10.7. The molecule has 0 amide bonds. The van der Waals surface area contributed by atoms with Gasteiger partial charge in [0.1, 0.15) is 0 Å². The molecule has 1 saturated heterocycles. The first kappa shape index (κ1) is 16.5. The monoisotopic (exact) mass is 333 g/mol. The third kappa shape index (κ3) is 3.94. The van der Waals surface area contributed by atoms with E-state index in [1.54, 1.807) is 12.1 Å². The Balaban J connectivity index is 1.59. The quantitative estimate of drug-likeness (QED) is 0.609. The van der Waals surface area contributed by atoms with Crippen LogP contribution in [0.1, 0.15) is 5.89 Å². The molecule has 1 aliphatic rings. The van der Waals surface area contributed by atoms with Gasteiger partial charge in [0.15, 0.2) is 0 Å². The number of rotatable bonds is 6. The second-order valence-electron chi connectivity index (χ2n) is 5.66. The van der Waals surface area contributed by atoms with Crippen LogP contribution in [0.3, 0.4) is 0 Å². The summed E-state index contributed by atoms with van der Waals surface area (Å²) in [5, 5.41) is 23.6. The smallest absolute Gasteiger partial charge is 0.269 e. The van der Waals surface area contributed by atoms with Crippen LogP contribution in [0.4, 0.5) is 5.69 Å². The first-order valence-electron chi connectivity index (χ1n) is 7.78. The van der Waals surface area contributed by atoms with Crippen molar-refractivity contribution in [2.75, 3.05) is 39.3 Å². The number of nitro benzene ring substituents is 1. The standard InChI is InChI=1S/C15H19N5O4/c21-10-9-18-5-7-19(8-6-18)11-14-16-15(17-24-14)12-1-3-13(4-2-12)20(22)23/h1-4,21H,5-11H2. The van der Waals surface area contributed by atoms with Crippen molar-refractivity contribution in [1.29, 1.82) is 0 Å². The van der Waals surface area contributed by atoms with Crippen molar-refractivity contribution in [2.45, 2.75) is 6.54 Å². The highest BCUT2D eigenvalue weighted by Gasteiger charge is 2.19. The zero-order valence-electron chi connectivity index (χ0n) is 13.2. The summed E-state index contributed by atoms with van der Waals surface area (Å²) in [6, 6.07) is 6.07. The number of nitro groups is 1. The largest absolute Gasteiger partial charge is 0.395 e. The van der Waals surface area contributed by atoms with Crippen molar-refractivity contribution in [3.8, 4) is 11.4 Å². The van der Waals surface area contributed by atoms with Gasteiger partial charge in [-0.15, -0.1) is 0 Å². The van der Waals surface area contributed by atoms with Gasteiger partial charge in [-0.05, 0) is 12.1 Å². The Labute approximate surface area is 138 Å². The average molecular weight is 333 g/mol. The Morgan fingerprint density at radius 1 is 1.17 bits per heavy atom. The van der Waals surface area contributed by atoms with Crippen LogP contribution >= 0.6 is 0 Å². The molecule has 3 rings (SSSR count). The first-order chi connectivity index (χ1) is 11.7. The third-order valence-electron chi connectivity index (χ3n) is 4.04. The molecule has 0 unspecified atom stereocenters. The highest BCUT2D eigenvalue weighted by Crippen LogP contribution is 2.20. The summed E-state index contributed by atoms with van der Waals surface area (Å²) in [7, 11) is 0. The molecule has 0 aliphatic carbocycles. The van der Waals surface area contributed by atoms with Crippen LogP contribution in [0.5, 0.6) is 0 Å². The van der Waals surface area contributed by atoms with Crippen molar-refractivity contribution >= 4 is 5.69 Å². The second-order valence-corrected chi connectivity index (χ2v) is 5.66. The van der Waals surface area contributed by atoms with Crippen molar-refractivity contribution in [3.63, 3.8) is 0 Å². The zero-order valence-corrected chi connectivity index (χ0v) is 13.2. The summed E-state index contributed by atoms with van der Waals surface area (Å²) in [4.78, 5) is 19.0. The molecule has 24 heavy (non-hydrogen) atoms. The maximum absolute atomic E-state index is 10.7. The highest BCUT2D eigenvalue weighted by molar-refractivity contribution is 5.56. The molecule has 2 aromatic rings. The lowest BCUT2D eigenvalue weighted by Crippen LogP contribution is -2.46. The summed E-state index contributed by atoms with van der Waals surface area (Å²) in [5.41, 5.74) is 0.714. The Bertz CT molecular complexity index is 679. The second kappa shape index (κ2) is 7.47. The van der Waals surface area contributed by atoms with E-state index in [9.17, 15) is 10.1 Å². The van der Waals surface area contributed by atoms with E-state index in [1.165, 1.54) is 12.1 Å². The number of aliphatic hydroxyl groups excluding tert-OH is 1. The van der Waals surface area contributed by atoms with Gasteiger partial charge in [0.2, 0.25) is 11.7 Å². The summed E-state index contributed by atoms with van der Waals surface area (Å²) in [6.45, 7) is 5.05. The van der Waals surface area contributed by atoms with E-state index in [0.717, 1.165) is 26.2 Å². The molecular formula is C15H19N5O4. The van der Waals surface area contributed by atoms with Gasteiger partial charge in [-0.2, -0.15) is 4.98 Å². The van der Waals surface area contributed by atoms with Crippen LogP contribution in [0.25, 0.3) is 11.4 Å². The number of aliphatic hydroxyl groups is 1. The summed E-state index contributed by atoms with van der Waals surface area (Å²) in [6.07, 6.45) is 0. The van der Waals surface area contributed by atoms with Gasteiger partial charge in [0.25, 0.3) is 5.69 Å². The van der Waals surface area contributed by atoms with Crippen LogP contribution in [0.15, 0.2) is 28.8 Å². The summed E-state index contributed by atoms with van der Waals surface area (Å²) < 4.78 is 5.28. The van der Waals surface area contributed by atoms with Gasteiger partial charge in [-0.3, -0.25) is 19.9 Å². The molecule has 128 valence electrons. The molecule has 0 radical (unpaired) electrons. The lowest BCUT2D eigenvalue weighted by molar-refractivity contribution is -0.384. The Hall–Kier alpha value is -2.36. The number of hydrogen-bond acceptors (Lipinski definition) is 8. The van der Waals surface area contributed by atoms with Crippen LogP contribution in [-0.2, 0) is 6.54 Å². The molecule has 1 aromatic carbocycles. The molecule has 0 spiro atoms. The Morgan fingerprint density at radius 3 is 2.46 bits per heavy atom. The molecule has 0 bridgehead atoms. The fraction of sp³-hybridized carbons (Fsp3) is 0.467. The number of β-amino-alcohol motifs (C(OH)–C–C–N with tert-alkyl or cyclic N) is 1. The number of piperazine rings is 1. The van der Waals surface area contributed by atoms with E-state index in [2.05, 4.69) is 19.9 Å². The van der Waals surface area contributed by atoms with Gasteiger partial charge in [0, 0.05) is 50.4 Å². The average Bonchev–Trinajstić information content (AvgIpc) is 3.05. The van der Waals surface area contributed by atoms with E-state index in [-0.39, 0.29) is 12.3 Å². The molecule has 2 heterocycles. The fourth-order valence-electron chi connectivity index (χ4n) is 2.67. The molecule has 9 nitrogen and oxygen atoms in total. The molecule has 1 fully saturated rings. The van der Waals surface area contributed by atoms with Gasteiger partial charge in [-0.25, -0.2) is 0 Å². The number of nitrogens with zero attached hydrogens (tertiary/aromatic N) is 5. The van der Waals surface area contributed by atoms with Crippen molar-refractivity contribution in [3.05, 3.63) is 40.3 Å². The zero-order chi connectivity index (χ0) is 16.9. The predicted octanol–water partition coefficient (Wildman–Crippen LogP) is 0.755. The lowest BCUT2D eigenvalue weighted by Gasteiger charge is -2.33. The minimum atomic E-state index is -0.443. The first-order valence-corrected chi connectivity index (χ1v) is 7.78. The fourth-order valence-corrected chi connectivity index (χ4v) is 2.67. The maximum Gasteiger partial charge on any atom is 0.269 e. The molecule has 1 aliphatic heterocycles. The minimum Gasteiger partial charge on any atom is -0.395 e. The van der Waals surface area contributed by atoms with E-state index in [1.807, 2.05) is 0 Å². The van der Waals surface area contributed by atoms with Crippen LogP contribution in [0, 0.1) is 10.1 Å². The van der Waals surface area contributed by atoms with Gasteiger partial charge < -0.3 is 9.63 Å². The molecule has 1 N–H and O–H groups in total. The van der Waals surface area contributed by atoms with Gasteiger partial charge in [-0.1, -0.05) is 5.16 Å². The van der Waals surface area contributed by atoms with E-state index >= 15 is 0 Å². The molecule has 9 heteroatoms. The number of hydrogen-bond donors (Lipinski definition) is 1. The molecule has 1 aromatic heterocycles. The topological polar surface area (TPSA) is 109 Å². The summed E-state index contributed by atoms with van der Waals surface area (Å²) >= 11 is 0. The van der Waals surface area contributed by atoms with Gasteiger partial charge in [0.05, 0.1) is 18.1 Å². The number of benzene rings is 1. The normalized spacial score (nSPS) is 16.4. The van der Waals surface area contributed by atoms with E-state index < -0.39 is 4.92 Å². The van der Waals surface area contributed by atoms with E-state index in [4.69, 9.17) is 9.63 Å². The molecule has 0 saturated carbocycles. The highest BCUT2D eigenvalue weighted by atomic mass is 16.6. The van der Waals surface area contributed by atoms with Crippen LogP contribution in [-0.4, -0.2) is 69.3 Å². The van der Waals surface area contributed by atoms with Crippen LogP contribution < -0.4 is 0 Å². The molecular weight excluding hydrogens is 314 g/mol. The van der Waals surface area contributed by atoms with Crippen LogP contribution in [0.2, 0.25) is 0 Å². The SMILES string of the molecule is O=[N+]([O-])c1ccc(-c2noc(CN3CCN(CCO)CC3)n2)cc1. The van der Waals surface area contributed by atoms with Crippen molar-refractivity contribution in [2.24, 2.45) is 0 Å². The van der Waals surface area contributed by atoms with Crippen molar-refractivity contribution < 1.29 is 14.6 Å². The predicted molar refractivity (Wildman–Crippen MR) is 85.2 cm³/mol. The van der Waals surface area contributed by atoms with Crippen molar-refractivity contribution in [1.82, 2.24) is 19.9 Å². The number of non-ortho nitro benzene ring substituents is 1. The minimum absolute atomic E-state index is 0.0308. The van der Waals surface area contributed by atoms with Gasteiger partial charge >= 0.3 is 0 Å². The third-order valence-corrected chi connectivity index (χ3v) is 4.04. The number of aromatic nitrogens is 2. The molecule has 0 atom stereocenters.